The third kappa shape index (κ3) is 4.93. The smallest absolute Gasteiger partial charge is 0.210 e. The number of carbonyl (C=O) groups excluding carboxylic acids is 1. The largest absolute Gasteiger partial charge is 0.340 e. The number of rotatable bonds is 7. The average Bonchev–Trinajstić information content (AvgIpc) is 3.00. The molecular weight excluding hydrogens is 356 g/mol. The summed E-state index contributed by atoms with van der Waals surface area (Å²) in [6.07, 6.45) is 7.06. The number of carbonyl (C=O) groups is 1. The fourth-order valence-corrected chi connectivity index (χ4v) is 4.67. The summed E-state index contributed by atoms with van der Waals surface area (Å²) < 4.78 is 0. The van der Waals surface area contributed by atoms with Crippen molar-refractivity contribution >= 4 is 24.2 Å². The van der Waals surface area contributed by atoms with Crippen molar-refractivity contribution in [3.63, 3.8) is 0 Å². The van der Waals surface area contributed by atoms with Crippen LogP contribution in [0.4, 0.5) is 0 Å². The zero-order chi connectivity index (χ0) is 19.3. The van der Waals surface area contributed by atoms with Gasteiger partial charge >= 0.3 is 0 Å². The van der Waals surface area contributed by atoms with E-state index in [1.165, 1.54) is 17.5 Å². The lowest BCUT2D eigenvalue weighted by atomic mass is 9.80. The van der Waals surface area contributed by atoms with E-state index in [9.17, 15) is 4.79 Å². The highest BCUT2D eigenvalue weighted by Gasteiger charge is 2.41. The second-order valence-electron chi connectivity index (χ2n) is 8.02. The Balaban J connectivity index is 1.70. The first kappa shape index (κ1) is 20.0. The van der Waals surface area contributed by atoms with Crippen LogP contribution in [0.2, 0.25) is 0 Å². The number of benzene rings is 1. The van der Waals surface area contributed by atoms with Crippen LogP contribution in [-0.4, -0.2) is 35.8 Å². The monoisotopic (exact) mass is 386 g/mol. The number of nitrogens with one attached hydrogen (secondary N) is 1. The van der Waals surface area contributed by atoms with E-state index in [-0.39, 0.29) is 5.54 Å². The first-order chi connectivity index (χ1) is 13.0. The molecule has 5 nitrogen and oxygen atoms in total. The zero-order valence-electron chi connectivity index (χ0n) is 16.2. The van der Waals surface area contributed by atoms with Gasteiger partial charge in [-0.05, 0) is 62.5 Å². The molecule has 2 atom stereocenters. The van der Waals surface area contributed by atoms with Gasteiger partial charge in [-0.2, -0.15) is 0 Å². The number of nitrogens with zero attached hydrogens (tertiary/aromatic N) is 2. The zero-order valence-corrected chi connectivity index (χ0v) is 17.0. The van der Waals surface area contributed by atoms with Gasteiger partial charge in [0.15, 0.2) is 0 Å². The van der Waals surface area contributed by atoms with Crippen LogP contribution in [0.5, 0.6) is 0 Å². The van der Waals surface area contributed by atoms with Gasteiger partial charge in [0.1, 0.15) is 5.84 Å². The van der Waals surface area contributed by atoms with Crippen molar-refractivity contribution in [2.45, 2.75) is 51.0 Å². The molecule has 1 aromatic carbocycles. The van der Waals surface area contributed by atoms with E-state index in [4.69, 9.17) is 10.1 Å². The van der Waals surface area contributed by atoms with Crippen molar-refractivity contribution in [1.29, 1.82) is 0 Å². The number of hydrogen-bond acceptors (Lipinski definition) is 4. The van der Waals surface area contributed by atoms with Crippen molar-refractivity contribution in [3.8, 4) is 0 Å². The Morgan fingerprint density at radius 1 is 1.41 bits per heavy atom. The molecule has 3 rings (SSSR count). The first-order valence-electron chi connectivity index (χ1n) is 9.67. The van der Waals surface area contributed by atoms with Gasteiger partial charge in [-0.25, -0.2) is 0 Å². The SMILES string of the molecule is CC1(C)CC(C(CCN=C2CCC=C(SN)N2)c2ccccc2)CN1C=O. The molecule has 0 aromatic heterocycles. The fourth-order valence-electron chi connectivity index (χ4n) is 4.28. The Morgan fingerprint density at radius 2 is 2.19 bits per heavy atom. The standard InChI is InChI=1S/C21H30N4OS/c1-21(2)13-17(14-25(21)15-26)18(16-7-4-3-5-8-16)11-12-23-19-9-6-10-20(24-19)27-22/h3-5,7-8,10,15,17-18H,6,9,11-14,22H2,1-2H3,(H,23,24). The van der Waals surface area contributed by atoms with Crippen LogP contribution in [0.3, 0.4) is 0 Å². The molecule has 2 unspecified atom stereocenters. The topological polar surface area (TPSA) is 70.7 Å². The predicted octanol–water partition coefficient (Wildman–Crippen LogP) is 3.65. The highest BCUT2D eigenvalue weighted by Crippen LogP contribution is 2.41. The minimum atomic E-state index is -0.0751. The predicted molar refractivity (Wildman–Crippen MR) is 113 cm³/mol. The van der Waals surface area contributed by atoms with Gasteiger partial charge in [0.2, 0.25) is 6.41 Å². The van der Waals surface area contributed by atoms with Crippen molar-refractivity contribution in [3.05, 3.63) is 47.0 Å². The van der Waals surface area contributed by atoms with Gasteiger partial charge in [0.05, 0.1) is 5.03 Å². The minimum Gasteiger partial charge on any atom is -0.340 e. The maximum atomic E-state index is 11.5. The second-order valence-corrected chi connectivity index (χ2v) is 8.69. The van der Waals surface area contributed by atoms with Gasteiger partial charge in [0.25, 0.3) is 0 Å². The van der Waals surface area contributed by atoms with E-state index in [0.29, 0.717) is 11.8 Å². The molecule has 1 aromatic rings. The fraction of sp³-hybridized carbons (Fsp3) is 0.524. The molecule has 6 heteroatoms. The summed E-state index contributed by atoms with van der Waals surface area (Å²) in [4.78, 5) is 18.2. The van der Waals surface area contributed by atoms with Crippen LogP contribution >= 0.6 is 11.9 Å². The molecule has 2 aliphatic rings. The summed E-state index contributed by atoms with van der Waals surface area (Å²) in [6.45, 7) is 5.92. The Kier molecular flexibility index (Phi) is 6.60. The third-order valence-corrected chi connectivity index (χ3v) is 6.27. The van der Waals surface area contributed by atoms with E-state index in [1.54, 1.807) is 0 Å². The summed E-state index contributed by atoms with van der Waals surface area (Å²) in [6, 6.07) is 10.7. The Hall–Kier alpha value is -1.79. The Labute approximate surface area is 166 Å². The van der Waals surface area contributed by atoms with Crippen LogP contribution < -0.4 is 10.5 Å². The van der Waals surface area contributed by atoms with E-state index >= 15 is 0 Å². The number of hydrogen-bond donors (Lipinski definition) is 2. The van der Waals surface area contributed by atoms with Gasteiger partial charge in [-0.15, -0.1) is 0 Å². The number of amidine groups is 1. The normalized spacial score (nSPS) is 24.4. The maximum Gasteiger partial charge on any atom is 0.210 e. The molecule has 1 amide bonds. The highest BCUT2D eigenvalue weighted by molar-refractivity contribution is 8.00. The molecule has 0 saturated carbocycles. The van der Waals surface area contributed by atoms with Gasteiger partial charge in [-0.1, -0.05) is 36.4 Å². The minimum absolute atomic E-state index is 0.0751. The lowest BCUT2D eigenvalue weighted by Crippen LogP contribution is -2.36. The third-order valence-electron chi connectivity index (χ3n) is 5.74. The summed E-state index contributed by atoms with van der Waals surface area (Å²) in [5.41, 5.74) is 1.27. The van der Waals surface area contributed by atoms with E-state index in [1.807, 2.05) is 4.90 Å². The molecule has 2 aliphatic heterocycles. The van der Waals surface area contributed by atoms with E-state index in [2.05, 4.69) is 55.6 Å². The van der Waals surface area contributed by atoms with E-state index in [0.717, 1.165) is 56.0 Å². The lowest BCUT2D eigenvalue weighted by Gasteiger charge is -2.27. The number of nitrogens with two attached hydrogens (primary N) is 1. The van der Waals surface area contributed by atoms with Gasteiger partial charge in [-0.3, -0.25) is 14.9 Å². The molecule has 0 aliphatic carbocycles. The van der Waals surface area contributed by atoms with E-state index < -0.39 is 0 Å². The van der Waals surface area contributed by atoms with Gasteiger partial charge in [0, 0.05) is 25.0 Å². The lowest BCUT2D eigenvalue weighted by molar-refractivity contribution is -0.120. The quantitative estimate of drug-likeness (QED) is 0.554. The molecule has 0 radical (unpaired) electrons. The molecule has 27 heavy (non-hydrogen) atoms. The molecule has 0 spiro atoms. The van der Waals surface area contributed by atoms with Crippen LogP contribution in [0, 0.1) is 5.92 Å². The van der Waals surface area contributed by atoms with Crippen LogP contribution in [0.15, 0.2) is 46.4 Å². The van der Waals surface area contributed by atoms with Crippen molar-refractivity contribution in [2.24, 2.45) is 16.0 Å². The highest BCUT2D eigenvalue weighted by atomic mass is 32.2. The molecular formula is C21H30N4OS. The van der Waals surface area contributed by atoms with Crippen LogP contribution in [-0.2, 0) is 4.79 Å². The number of amides is 1. The first-order valence-corrected chi connectivity index (χ1v) is 10.6. The number of aliphatic imine (C=N–C) groups is 1. The van der Waals surface area contributed by atoms with Crippen molar-refractivity contribution < 1.29 is 4.79 Å². The van der Waals surface area contributed by atoms with Crippen LogP contribution in [0.25, 0.3) is 0 Å². The number of likely N-dealkylation sites (tertiary alicyclic amines) is 1. The van der Waals surface area contributed by atoms with Crippen molar-refractivity contribution in [2.75, 3.05) is 13.1 Å². The second kappa shape index (κ2) is 8.93. The average molecular weight is 387 g/mol. The summed E-state index contributed by atoms with van der Waals surface area (Å²) in [5, 5.41) is 9.95. The number of allylic oxidation sites excluding steroid dienone is 1. The molecule has 3 N–H and O–H groups in total. The Morgan fingerprint density at radius 3 is 2.85 bits per heavy atom. The molecule has 146 valence electrons. The molecule has 1 fully saturated rings. The molecule has 2 heterocycles. The summed E-state index contributed by atoms with van der Waals surface area (Å²) in [5.74, 6) is 1.89. The Bertz CT molecular complexity index is 701. The maximum absolute atomic E-state index is 11.5. The van der Waals surface area contributed by atoms with Gasteiger partial charge < -0.3 is 10.2 Å². The molecule has 0 bridgehead atoms. The summed E-state index contributed by atoms with van der Waals surface area (Å²) >= 11 is 1.24. The summed E-state index contributed by atoms with van der Waals surface area (Å²) in [7, 11) is 0. The van der Waals surface area contributed by atoms with Crippen molar-refractivity contribution in [1.82, 2.24) is 10.2 Å². The van der Waals surface area contributed by atoms with Crippen LogP contribution in [0.1, 0.15) is 51.0 Å². The molecule has 1 saturated heterocycles.